The molecule has 3 heterocycles. The van der Waals surface area contributed by atoms with Gasteiger partial charge in [-0.3, -0.25) is 0 Å². The van der Waals surface area contributed by atoms with Gasteiger partial charge in [-0.1, -0.05) is 41.5 Å². The van der Waals surface area contributed by atoms with E-state index in [-0.39, 0.29) is 11.6 Å². The van der Waals surface area contributed by atoms with Crippen LogP contribution in [0.3, 0.4) is 0 Å². The predicted molar refractivity (Wildman–Crippen MR) is 163 cm³/mol. The largest absolute Gasteiger partial charge is 0.503 e. The molecular weight excluding hydrogens is 604 g/mol. The van der Waals surface area contributed by atoms with Crippen LogP contribution in [0.25, 0.3) is 5.65 Å². The van der Waals surface area contributed by atoms with Crippen LogP contribution < -0.4 is 11.1 Å². The van der Waals surface area contributed by atoms with Gasteiger partial charge in [0, 0.05) is 24.1 Å². The van der Waals surface area contributed by atoms with E-state index >= 15 is 0 Å². The van der Waals surface area contributed by atoms with Crippen LogP contribution in [-0.2, 0) is 6.18 Å². The Labute approximate surface area is 258 Å². The number of nitrogen functional groups attached to an aromatic ring is 1. The Balaban J connectivity index is 0. The first-order valence-corrected chi connectivity index (χ1v) is 13.1. The van der Waals surface area contributed by atoms with Gasteiger partial charge in [0.15, 0.2) is 0 Å². The van der Waals surface area contributed by atoms with Crippen molar-refractivity contribution in [3.8, 4) is 0 Å². The fourth-order valence-corrected chi connectivity index (χ4v) is 2.42. The van der Waals surface area contributed by atoms with Crippen molar-refractivity contribution >= 4 is 35.3 Å². The van der Waals surface area contributed by atoms with Crippen LogP contribution >= 0.6 is 0 Å². The molecule has 0 radical (unpaired) electrons. The number of pyridine rings is 1. The minimum atomic E-state index is -4.34. The molecule has 7 N–H and O–H groups in total. The van der Waals surface area contributed by atoms with Crippen molar-refractivity contribution in [2.45, 2.75) is 54.6 Å². The summed E-state index contributed by atoms with van der Waals surface area (Å²) in [7, 11) is 0. The summed E-state index contributed by atoms with van der Waals surface area (Å²) in [5.41, 5.74) is 6.92. The van der Waals surface area contributed by atoms with Crippen molar-refractivity contribution in [1.29, 1.82) is 0 Å². The van der Waals surface area contributed by atoms with Gasteiger partial charge in [0.1, 0.15) is 29.4 Å². The van der Waals surface area contributed by atoms with Crippen molar-refractivity contribution in [2.24, 2.45) is 11.8 Å². The number of nitrogens with one attached hydrogen (secondary N) is 1. The normalized spacial score (nSPS) is 9.80. The van der Waals surface area contributed by atoms with E-state index in [4.69, 9.17) is 35.7 Å². The molecule has 4 aromatic rings. The van der Waals surface area contributed by atoms with Gasteiger partial charge in [0.2, 0.25) is 0 Å². The second-order valence-electron chi connectivity index (χ2n) is 10.1. The maximum absolute atomic E-state index is 12.6. The van der Waals surface area contributed by atoms with Gasteiger partial charge in [-0.25, -0.2) is 28.9 Å². The standard InChI is InChI=1S/C11H9F3N4.C8H7FN2.2C4H10.2CH2O3/c12-11(13,14)7-1-3-8(4-2-7)18-10-5-9(15)16-6-17-10;1-6-4-11-5-7(9)2-3-8(11)10-6;2*1-4(2)3;2*2-1(3)4/h1-6H,(H3,15,16,17,18);2-5H,1H3;2*4H,1-3H3;2*(H2,2,3,4). The van der Waals surface area contributed by atoms with E-state index in [1.807, 2.05) is 6.92 Å². The minimum Gasteiger partial charge on any atom is -0.450 e. The number of nitrogens with two attached hydrogens (primary N) is 1. The molecule has 0 aliphatic heterocycles. The van der Waals surface area contributed by atoms with Crippen LogP contribution in [0.4, 0.5) is 44.5 Å². The van der Waals surface area contributed by atoms with E-state index in [1.54, 1.807) is 16.7 Å². The first-order chi connectivity index (χ1) is 20.6. The molecule has 250 valence electrons. The molecule has 45 heavy (non-hydrogen) atoms. The van der Waals surface area contributed by atoms with Crippen LogP contribution in [0.5, 0.6) is 0 Å². The lowest BCUT2D eigenvalue weighted by Crippen LogP contribution is -2.04. The van der Waals surface area contributed by atoms with E-state index in [9.17, 15) is 17.6 Å². The Morgan fingerprint density at radius 3 is 1.73 bits per heavy atom. The number of hydrogen-bond acceptors (Lipinski definition) is 7. The number of imidazole rings is 1. The number of aromatic nitrogens is 4. The summed E-state index contributed by atoms with van der Waals surface area (Å²) in [6, 6.07) is 9.17. The van der Waals surface area contributed by atoms with Crippen LogP contribution in [0.15, 0.2) is 61.2 Å². The number of carbonyl (C=O) groups is 2. The number of halogens is 4. The van der Waals surface area contributed by atoms with Crippen LogP contribution in [0, 0.1) is 24.6 Å². The molecule has 0 unspecified atom stereocenters. The molecule has 1 aromatic carbocycles. The fraction of sp³-hybridized carbons (Fsp3) is 0.345. The number of alkyl halides is 3. The van der Waals surface area contributed by atoms with Gasteiger partial charge in [-0.05, 0) is 55.2 Å². The zero-order valence-corrected chi connectivity index (χ0v) is 25.9. The van der Waals surface area contributed by atoms with Crippen LogP contribution in [0.1, 0.15) is 52.8 Å². The number of nitrogens with zero attached hydrogens (tertiary/aromatic N) is 4. The van der Waals surface area contributed by atoms with E-state index in [1.165, 1.54) is 36.8 Å². The molecule has 3 aromatic heterocycles. The quantitative estimate of drug-likeness (QED) is 0.115. The molecule has 12 nitrogen and oxygen atoms in total. The van der Waals surface area contributed by atoms with Crippen LogP contribution in [-0.4, -0.2) is 52.1 Å². The minimum absolute atomic E-state index is 0.241. The summed E-state index contributed by atoms with van der Waals surface area (Å²) in [5, 5.41) is 30.7. The number of carboxylic acid groups (broad SMARTS) is 4. The Morgan fingerprint density at radius 1 is 0.844 bits per heavy atom. The summed E-state index contributed by atoms with van der Waals surface area (Å²) < 4.78 is 51.3. The van der Waals surface area contributed by atoms with Crippen LogP contribution in [0.2, 0.25) is 0 Å². The fourth-order valence-electron chi connectivity index (χ4n) is 2.42. The molecule has 0 fully saturated rings. The molecule has 0 amide bonds. The number of benzene rings is 1. The molecule has 0 spiro atoms. The molecule has 0 saturated heterocycles. The van der Waals surface area contributed by atoms with E-state index in [0.717, 1.165) is 35.3 Å². The third-order valence-corrected chi connectivity index (χ3v) is 3.71. The van der Waals surface area contributed by atoms with Gasteiger partial charge in [-0.15, -0.1) is 0 Å². The van der Waals surface area contributed by atoms with E-state index in [0.29, 0.717) is 11.5 Å². The van der Waals surface area contributed by atoms with Crippen molar-refractivity contribution in [2.75, 3.05) is 11.1 Å². The average Bonchev–Trinajstić information content (AvgIpc) is 3.22. The molecule has 0 aliphatic carbocycles. The Hall–Kier alpha value is -5.15. The van der Waals surface area contributed by atoms with Gasteiger partial charge < -0.3 is 35.9 Å². The lowest BCUT2D eigenvalue weighted by molar-refractivity contribution is -0.137. The Morgan fingerprint density at radius 2 is 1.31 bits per heavy atom. The summed E-state index contributed by atoms with van der Waals surface area (Å²) in [5.74, 6) is 2.12. The first-order valence-electron chi connectivity index (χ1n) is 13.1. The summed E-state index contributed by atoms with van der Waals surface area (Å²) >= 11 is 0. The zero-order chi connectivity index (χ0) is 35.3. The van der Waals surface area contributed by atoms with Gasteiger partial charge in [-0.2, -0.15) is 13.2 Å². The lowest BCUT2D eigenvalue weighted by Gasteiger charge is -2.09. The number of anilines is 3. The second-order valence-corrected chi connectivity index (χ2v) is 10.1. The van der Waals surface area contributed by atoms with Gasteiger partial charge in [0.25, 0.3) is 0 Å². The molecule has 16 heteroatoms. The van der Waals surface area contributed by atoms with Gasteiger partial charge in [0.05, 0.1) is 11.3 Å². The SMILES string of the molecule is CC(C)C.CC(C)C.Cc1cn2cc(F)ccc2n1.Nc1cc(Nc2ccc(C(F)(F)F)cc2)ncn1.O=C(O)O.O=C(O)O. The molecule has 0 atom stereocenters. The molecule has 0 saturated carbocycles. The smallest absolute Gasteiger partial charge is 0.450 e. The topological polar surface area (TPSA) is 196 Å². The highest BCUT2D eigenvalue weighted by molar-refractivity contribution is 5.58. The average molecular weight is 645 g/mol. The molecule has 4 rings (SSSR count). The first kappa shape index (κ1) is 42.0. The van der Waals surface area contributed by atoms with Crippen molar-refractivity contribution in [1.82, 2.24) is 19.4 Å². The Bertz CT molecular complexity index is 1380. The van der Waals surface area contributed by atoms with Crippen molar-refractivity contribution in [3.63, 3.8) is 0 Å². The lowest BCUT2D eigenvalue weighted by atomic mass is 10.2. The predicted octanol–water partition coefficient (Wildman–Crippen LogP) is 8.37. The number of hydrogen-bond donors (Lipinski definition) is 6. The summed E-state index contributed by atoms with van der Waals surface area (Å²) in [6.45, 7) is 14.9. The van der Waals surface area contributed by atoms with Gasteiger partial charge >= 0.3 is 18.5 Å². The second kappa shape index (κ2) is 21.5. The maximum atomic E-state index is 12.6. The molecule has 0 bridgehead atoms. The zero-order valence-electron chi connectivity index (χ0n) is 25.9. The number of fused-ring (bicyclic) bond motifs is 1. The van der Waals surface area contributed by atoms with E-state index < -0.39 is 24.1 Å². The third kappa shape index (κ3) is 25.1. The summed E-state index contributed by atoms with van der Waals surface area (Å²) in [4.78, 5) is 28.8. The van der Waals surface area contributed by atoms with Crippen molar-refractivity contribution < 1.29 is 47.6 Å². The molecular formula is C29H40F4N6O6. The Kier molecular flexibility index (Phi) is 20.1. The third-order valence-electron chi connectivity index (χ3n) is 3.71. The van der Waals surface area contributed by atoms with Crippen molar-refractivity contribution in [3.05, 3.63) is 78.3 Å². The van der Waals surface area contributed by atoms with E-state index in [2.05, 4.69) is 61.8 Å². The highest BCUT2D eigenvalue weighted by Crippen LogP contribution is 2.30. The number of rotatable bonds is 2. The number of aryl methyl sites for hydroxylation is 1. The highest BCUT2D eigenvalue weighted by Gasteiger charge is 2.29. The summed E-state index contributed by atoms with van der Waals surface area (Å²) in [6.07, 6.45) is -3.53. The molecule has 0 aliphatic rings. The highest BCUT2D eigenvalue weighted by atomic mass is 19.4. The monoisotopic (exact) mass is 644 g/mol. The maximum Gasteiger partial charge on any atom is 0.503 e.